The van der Waals surface area contributed by atoms with E-state index < -0.39 is 24.3 Å². The second-order valence-corrected chi connectivity index (χ2v) is 3.15. The number of amides is 1. The zero-order valence-corrected chi connectivity index (χ0v) is 8.62. The van der Waals surface area contributed by atoms with Crippen molar-refractivity contribution in [1.82, 2.24) is 5.48 Å². The van der Waals surface area contributed by atoms with Gasteiger partial charge in [-0.25, -0.2) is 14.7 Å². The number of rotatable bonds is 4. The zero-order chi connectivity index (χ0) is 12.1. The van der Waals surface area contributed by atoms with Crippen LogP contribution < -0.4 is 5.48 Å². The summed E-state index contributed by atoms with van der Waals surface area (Å²) in [5, 5.41) is 8.12. The Hall–Kier alpha value is -1.66. The summed E-state index contributed by atoms with van der Waals surface area (Å²) in [5.74, 6) is -2.73. The standard InChI is InChI=1S/C9H7ClFNO4/c10-6-2-1-5(3-7(6)11)9(15)12-16-4-8(13)14/h1-3H,4H2,(H,12,15)(H,13,14). The van der Waals surface area contributed by atoms with Crippen molar-refractivity contribution in [2.24, 2.45) is 0 Å². The van der Waals surface area contributed by atoms with Crippen LogP contribution in [0.4, 0.5) is 4.39 Å². The third-order valence-electron chi connectivity index (χ3n) is 1.54. The van der Waals surface area contributed by atoms with E-state index in [-0.39, 0.29) is 10.6 Å². The molecule has 0 radical (unpaired) electrons. The van der Waals surface area contributed by atoms with E-state index in [4.69, 9.17) is 16.7 Å². The number of hydroxylamine groups is 1. The van der Waals surface area contributed by atoms with Gasteiger partial charge in [0.1, 0.15) is 5.82 Å². The number of halogens is 2. The Labute approximate surface area is 94.7 Å². The van der Waals surface area contributed by atoms with Crippen LogP contribution in [0.1, 0.15) is 10.4 Å². The summed E-state index contributed by atoms with van der Waals surface area (Å²) in [6.07, 6.45) is 0. The van der Waals surface area contributed by atoms with Gasteiger partial charge in [0, 0.05) is 5.56 Å². The van der Waals surface area contributed by atoms with Gasteiger partial charge in [-0.15, -0.1) is 0 Å². The first-order chi connectivity index (χ1) is 7.50. The van der Waals surface area contributed by atoms with Crippen LogP contribution in [0.25, 0.3) is 0 Å². The summed E-state index contributed by atoms with van der Waals surface area (Å²) >= 11 is 5.42. The normalized spacial score (nSPS) is 9.88. The number of hydrogen-bond acceptors (Lipinski definition) is 3. The number of nitrogens with one attached hydrogen (secondary N) is 1. The highest BCUT2D eigenvalue weighted by atomic mass is 35.5. The van der Waals surface area contributed by atoms with Gasteiger partial charge in [-0.3, -0.25) is 9.63 Å². The molecule has 1 aromatic carbocycles. The van der Waals surface area contributed by atoms with E-state index in [1.54, 1.807) is 0 Å². The number of carboxylic acids is 1. The molecule has 0 aromatic heterocycles. The van der Waals surface area contributed by atoms with Crippen molar-refractivity contribution in [2.45, 2.75) is 0 Å². The van der Waals surface area contributed by atoms with Gasteiger partial charge >= 0.3 is 5.97 Å². The van der Waals surface area contributed by atoms with Crippen LogP contribution in [0.2, 0.25) is 5.02 Å². The van der Waals surface area contributed by atoms with Crippen LogP contribution in [0.3, 0.4) is 0 Å². The summed E-state index contributed by atoms with van der Waals surface area (Å²) in [6.45, 7) is -0.679. The fourth-order valence-corrected chi connectivity index (χ4v) is 0.977. The Kier molecular flexibility index (Phi) is 4.21. The molecule has 16 heavy (non-hydrogen) atoms. The van der Waals surface area contributed by atoms with Gasteiger partial charge in [-0.2, -0.15) is 0 Å². The molecule has 2 N–H and O–H groups in total. The van der Waals surface area contributed by atoms with E-state index in [1.165, 1.54) is 12.1 Å². The first-order valence-corrected chi connectivity index (χ1v) is 4.47. The molecule has 86 valence electrons. The van der Waals surface area contributed by atoms with Crippen LogP contribution in [-0.2, 0) is 9.63 Å². The molecule has 0 aliphatic heterocycles. The lowest BCUT2D eigenvalue weighted by molar-refractivity contribution is -0.144. The van der Waals surface area contributed by atoms with E-state index in [1.807, 2.05) is 5.48 Å². The molecular formula is C9H7ClFNO4. The Bertz CT molecular complexity index is 424. The molecule has 0 atom stereocenters. The molecule has 1 rings (SSSR count). The van der Waals surface area contributed by atoms with Gasteiger partial charge in [0.15, 0.2) is 6.61 Å². The van der Waals surface area contributed by atoms with Gasteiger partial charge in [0.2, 0.25) is 0 Å². The second-order valence-electron chi connectivity index (χ2n) is 2.74. The first-order valence-electron chi connectivity index (χ1n) is 4.09. The summed E-state index contributed by atoms with van der Waals surface area (Å²) in [7, 11) is 0. The van der Waals surface area contributed by atoms with Crippen molar-refractivity contribution in [3.8, 4) is 0 Å². The van der Waals surface area contributed by atoms with E-state index in [0.29, 0.717) is 0 Å². The Balaban J connectivity index is 2.59. The smallest absolute Gasteiger partial charge is 0.332 e. The second kappa shape index (κ2) is 5.43. The molecular weight excluding hydrogens is 241 g/mol. The third-order valence-corrected chi connectivity index (χ3v) is 1.85. The van der Waals surface area contributed by atoms with Crippen LogP contribution in [-0.4, -0.2) is 23.6 Å². The van der Waals surface area contributed by atoms with Crippen molar-refractivity contribution in [1.29, 1.82) is 0 Å². The largest absolute Gasteiger partial charge is 0.479 e. The number of aliphatic carboxylic acids is 1. The molecule has 0 fully saturated rings. The van der Waals surface area contributed by atoms with Gasteiger partial charge in [-0.05, 0) is 18.2 Å². The molecule has 0 unspecified atom stereocenters. The molecule has 5 nitrogen and oxygen atoms in total. The van der Waals surface area contributed by atoms with Crippen molar-refractivity contribution in [2.75, 3.05) is 6.61 Å². The van der Waals surface area contributed by atoms with Crippen LogP contribution in [0.15, 0.2) is 18.2 Å². The SMILES string of the molecule is O=C(O)CONC(=O)c1ccc(Cl)c(F)c1. The number of carboxylic acid groups (broad SMARTS) is 1. The van der Waals surface area contributed by atoms with E-state index in [9.17, 15) is 14.0 Å². The third kappa shape index (κ3) is 3.48. The Morgan fingerprint density at radius 1 is 1.50 bits per heavy atom. The van der Waals surface area contributed by atoms with Gasteiger partial charge in [0.05, 0.1) is 5.02 Å². The highest BCUT2D eigenvalue weighted by Crippen LogP contribution is 2.15. The number of carbonyl (C=O) groups excluding carboxylic acids is 1. The van der Waals surface area contributed by atoms with Gasteiger partial charge < -0.3 is 5.11 Å². The summed E-state index contributed by atoms with van der Waals surface area (Å²) in [4.78, 5) is 25.6. The van der Waals surface area contributed by atoms with E-state index in [2.05, 4.69) is 4.84 Å². The average Bonchev–Trinajstić information content (AvgIpc) is 2.21. The molecule has 7 heteroatoms. The monoisotopic (exact) mass is 247 g/mol. The minimum atomic E-state index is -1.23. The first kappa shape index (κ1) is 12.4. The molecule has 1 amide bonds. The van der Waals surface area contributed by atoms with Crippen molar-refractivity contribution < 1.29 is 23.9 Å². The minimum absolute atomic E-state index is 0.0210. The highest BCUT2D eigenvalue weighted by molar-refractivity contribution is 6.30. The number of benzene rings is 1. The van der Waals surface area contributed by atoms with Crippen molar-refractivity contribution >= 4 is 23.5 Å². The fraction of sp³-hybridized carbons (Fsp3) is 0.111. The summed E-state index contributed by atoms with van der Waals surface area (Å²) < 4.78 is 12.9. The van der Waals surface area contributed by atoms with E-state index in [0.717, 1.165) is 6.07 Å². The average molecular weight is 248 g/mol. The quantitative estimate of drug-likeness (QED) is 0.785. The molecule has 0 aliphatic rings. The summed E-state index contributed by atoms with van der Waals surface area (Å²) in [6, 6.07) is 3.41. The molecule has 0 aliphatic carbocycles. The van der Waals surface area contributed by atoms with Gasteiger partial charge in [-0.1, -0.05) is 11.6 Å². The molecule has 0 bridgehead atoms. The highest BCUT2D eigenvalue weighted by Gasteiger charge is 2.09. The van der Waals surface area contributed by atoms with Crippen molar-refractivity contribution in [3.63, 3.8) is 0 Å². The predicted octanol–water partition coefficient (Wildman–Crippen LogP) is 1.23. The number of carbonyl (C=O) groups is 2. The fourth-order valence-electron chi connectivity index (χ4n) is 0.860. The molecule has 0 saturated carbocycles. The number of hydrogen-bond donors (Lipinski definition) is 2. The van der Waals surface area contributed by atoms with Crippen LogP contribution >= 0.6 is 11.6 Å². The van der Waals surface area contributed by atoms with Crippen LogP contribution in [0.5, 0.6) is 0 Å². The molecule has 0 saturated heterocycles. The Morgan fingerprint density at radius 2 is 2.19 bits per heavy atom. The lowest BCUT2D eigenvalue weighted by Gasteiger charge is -2.04. The maximum atomic E-state index is 12.9. The molecule has 0 spiro atoms. The van der Waals surface area contributed by atoms with Crippen LogP contribution in [0, 0.1) is 5.82 Å². The summed E-state index contributed by atoms with van der Waals surface area (Å²) in [5.41, 5.74) is 1.83. The predicted molar refractivity (Wildman–Crippen MR) is 52.5 cm³/mol. The van der Waals surface area contributed by atoms with Gasteiger partial charge in [0.25, 0.3) is 5.91 Å². The zero-order valence-electron chi connectivity index (χ0n) is 7.87. The maximum absolute atomic E-state index is 12.9. The lowest BCUT2D eigenvalue weighted by atomic mass is 10.2. The minimum Gasteiger partial charge on any atom is -0.479 e. The molecule has 1 aromatic rings. The maximum Gasteiger partial charge on any atom is 0.332 e. The van der Waals surface area contributed by atoms with E-state index >= 15 is 0 Å². The molecule has 0 heterocycles. The topological polar surface area (TPSA) is 75.6 Å². The van der Waals surface area contributed by atoms with Crippen molar-refractivity contribution in [3.05, 3.63) is 34.6 Å². The Morgan fingerprint density at radius 3 is 2.75 bits per heavy atom. The lowest BCUT2D eigenvalue weighted by Crippen LogP contribution is -2.26.